The number of nitrogens with zero attached hydrogens (tertiary/aromatic N) is 3. The van der Waals surface area contributed by atoms with Crippen LogP contribution < -0.4 is 10.9 Å². The van der Waals surface area contributed by atoms with Gasteiger partial charge in [-0.1, -0.05) is 13.0 Å². The standard InChI is InChI=1S/C14H17IN4O/c1-3-6-16-13-11(5-4-7-17-13)8-19-9-18-10(2)12(15)14(19)20/h4-5,7,9H,3,6,8H2,1-2H3,(H,16,17). The van der Waals surface area contributed by atoms with Gasteiger partial charge < -0.3 is 5.32 Å². The Morgan fingerprint density at radius 2 is 2.20 bits per heavy atom. The van der Waals surface area contributed by atoms with E-state index in [2.05, 4.69) is 22.2 Å². The Bertz CT molecular complexity index is 654. The maximum absolute atomic E-state index is 12.2. The Morgan fingerprint density at radius 3 is 2.95 bits per heavy atom. The van der Waals surface area contributed by atoms with Gasteiger partial charge in [0.1, 0.15) is 5.82 Å². The van der Waals surface area contributed by atoms with Gasteiger partial charge in [-0.15, -0.1) is 0 Å². The third-order valence-electron chi connectivity index (χ3n) is 2.93. The van der Waals surface area contributed by atoms with Crippen LogP contribution in [0, 0.1) is 10.5 Å². The smallest absolute Gasteiger partial charge is 0.267 e. The van der Waals surface area contributed by atoms with Gasteiger partial charge in [-0.3, -0.25) is 9.36 Å². The molecule has 106 valence electrons. The van der Waals surface area contributed by atoms with Crippen molar-refractivity contribution in [1.29, 1.82) is 0 Å². The van der Waals surface area contributed by atoms with E-state index in [1.54, 1.807) is 17.1 Å². The average molecular weight is 384 g/mol. The molecule has 20 heavy (non-hydrogen) atoms. The molecule has 0 atom stereocenters. The first kappa shape index (κ1) is 15.0. The van der Waals surface area contributed by atoms with Gasteiger partial charge in [-0.05, 0) is 42.0 Å². The van der Waals surface area contributed by atoms with Gasteiger partial charge >= 0.3 is 0 Å². The highest BCUT2D eigenvalue weighted by Crippen LogP contribution is 2.13. The summed E-state index contributed by atoms with van der Waals surface area (Å²) in [7, 11) is 0. The molecule has 2 aromatic heterocycles. The fourth-order valence-electron chi connectivity index (χ4n) is 1.81. The largest absolute Gasteiger partial charge is 0.370 e. The molecule has 2 heterocycles. The third kappa shape index (κ3) is 3.36. The van der Waals surface area contributed by atoms with Crippen molar-refractivity contribution in [2.75, 3.05) is 11.9 Å². The Morgan fingerprint density at radius 1 is 1.40 bits per heavy atom. The van der Waals surface area contributed by atoms with Crippen LogP contribution in [0.15, 0.2) is 29.5 Å². The van der Waals surface area contributed by atoms with Crippen molar-refractivity contribution in [1.82, 2.24) is 14.5 Å². The van der Waals surface area contributed by atoms with E-state index in [9.17, 15) is 4.79 Å². The summed E-state index contributed by atoms with van der Waals surface area (Å²) >= 11 is 2.04. The normalized spacial score (nSPS) is 10.6. The van der Waals surface area contributed by atoms with Crippen LogP contribution in [0.5, 0.6) is 0 Å². The van der Waals surface area contributed by atoms with Crippen LogP contribution in [-0.2, 0) is 6.54 Å². The summed E-state index contributed by atoms with van der Waals surface area (Å²) in [5.74, 6) is 0.830. The van der Waals surface area contributed by atoms with Gasteiger partial charge in [0.15, 0.2) is 0 Å². The number of rotatable bonds is 5. The molecule has 0 fully saturated rings. The lowest BCUT2D eigenvalue weighted by Gasteiger charge is -2.12. The summed E-state index contributed by atoms with van der Waals surface area (Å²) in [5, 5.41) is 3.28. The fraction of sp³-hybridized carbons (Fsp3) is 0.357. The Kier molecular flexibility index (Phi) is 5.11. The van der Waals surface area contributed by atoms with Crippen molar-refractivity contribution >= 4 is 28.4 Å². The zero-order valence-electron chi connectivity index (χ0n) is 11.6. The Labute approximate surface area is 131 Å². The predicted molar refractivity (Wildman–Crippen MR) is 88.1 cm³/mol. The molecule has 2 aromatic rings. The zero-order chi connectivity index (χ0) is 14.5. The molecule has 0 amide bonds. The lowest BCUT2D eigenvalue weighted by molar-refractivity contribution is 0.721. The molecule has 0 aliphatic carbocycles. The van der Waals surface area contributed by atoms with Crippen molar-refractivity contribution in [3.05, 3.63) is 49.8 Å². The minimum atomic E-state index is -0.0107. The number of nitrogens with one attached hydrogen (secondary N) is 1. The van der Waals surface area contributed by atoms with E-state index in [1.807, 2.05) is 41.6 Å². The van der Waals surface area contributed by atoms with Crippen LogP contribution in [0.1, 0.15) is 24.6 Å². The summed E-state index contributed by atoms with van der Waals surface area (Å²) in [6.45, 7) is 5.28. The van der Waals surface area contributed by atoms with Crippen molar-refractivity contribution < 1.29 is 0 Å². The first-order valence-electron chi connectivity index (χ1n) is 6.52. The first-order valence-corrected chi connectivity index (χ1v) is 7.60. The van der Waals surface area contributed by atoms with E-state index in [1.165, 1.54) is 0 Å². The van der Waals surface area contributed by atoms with E-state index < -0.39 is 0 Å². The number of aromatic nitrogens is 3. The second-order valence-corrected chi connectivity index (χ2v) is 5.59. The van der Waals surface area contributed by atoms with Crippen LogP contribution in [0.25, 0.3) is 0 Å². The number of halogens is 1. The molecule has 0 radical (unpaired) electrons. The van der Waals surface area contributed by atoms with Crippen molar-refractivity contribution in [2.24, 2.45) is 0 Å². The number of anilines is 1. The molecule has 0 spiro atoms. The molecule has 0 aromatic carbocycles. The van der Waals surface area contributed by atoms with Gasteiger partial charge in [-0.25, -0.2) is 9.97 Å². The van der Waals surface area contributed by atoms with E-state index in [0.717, 1.165) is 30.0 Å². The second-order valence-electron chi connectivity index (χ2n) is 4.51. The molecule has 6 heteroatoms. The quantitative estimate of drug-likeness (QED) is 0.805. The number of hydrogen-bond acceptors (Lipinski definition) is 4. The van der Waals surface area contributed by atoms with Crippen molar-refractivity contribution in [3.8, 4) is 0 Å². The molecular weight excluding hydrogens is 367 g/mol. The SMILES string of the molecule is CCCNc1ncccc1Cn1cnc(C)c(I)c1=O. The maximum atomic E-state index is 12.2. The fourth-order valence-corrected chi connectivity index (χ4v) is 2.26. The van der Waals surface area contributed by atoms with Crippen LogP contribution in [0.3, 0.4) is 0 Å². The maximum Gasteiger partial charge on any atom is 0.267 e. The van der Waals surface area contributed by atoms with E-state index >= 15 is 0 Å². The number of hydrogen-bond donors (Lipinski definition) is 1. The van der Waals surface area contributed by atoms with Crippen LogP contribution in [0.4, 0.5) is 5.82 Å². The number of pyridine rings is 1. The molecule has 0 unspecified atom stereocenters. The highest BCUT2D eigenvalue weighted by Gasteiger charge is 2.08. The van der Waals surface area contributed by atoms with Gasteiger partial charge in [0.2, 0.25) is 0 Å². The van der Waals surface area contributed by atoms with Gasteiger partial charge in [-0.2, -0.15) is 0 Å². The Balaban J connectivity index is 2.31. The molecule has 0 aliphatic rings. The summed E-state index contributed by atoms with van der Waals surface area (Å²) in [6, 6.07) is 3.86. The summed E-state index contributed by atoms with van der Waals surface area (Å²) in [4.78, 5) is 20.8. The van der Waals surface area contributed by atoms with Crippen molar-refractivity contribution in [3.63, 3.8) is 0 Å². The zero-order valence-corrected chi connectivity index (χ0v) is 13.7. The predicted octanol–water partition coefficient (Wildman–Crippen LogP) is 2.42. The van der Waals surface area contributed by atoms with Gasteiger partial charge in [0.05, 0.1) is 22.1 Å². The van der Waals surface area contributed by atoms with Gasteiger partial charge in [0.25, 0.3) is 5.56 Å². The first-order chi connectivity index (χ1) is 9.63. The third-order valence-corrected chi connectivity index (χ3v) is 4.17. The molecule has 1 N–H and O–H groups in total. The van der Waals surface area contributed by atoms with Gasteiger partial charge in [0, 0.05) is 18.3 Å². The molecular formula is C14H17IN4O. The molecule has 5 nitrogen and oxygen atoms in total. The molecule has 0 saturated heterocycles. The molecule has 2 rings (SSSR count). The van der Waals surface area contributed by atoms with Crippen molar-refractivity contribution in [2.45, 2.75) is 26.8 Å². The minimum absolute atomic E-state index is 0.0107. The summed E-state index contributed by atoms with van der Waals surface area (Å²) < 4.78 is 2.28. The lowest BCUT2D eigenvalue weighted by atomic mass is 10.2. The highest BCUT2D eigenvalue weighted by atomic mass is 127. The summed E-state index contributed by atoms with van der Waals surface area (Å²) in [6.07, 6.45) is 4.37. The topological polar surface area (TPSA) is 59.8 Å². The average Bonchev–Trinajstić information content (AvgIpc) is 2.47. The minimum Gasteiger partial charge on any atom is -0.370 e. The highest BCUT2D eigenvalue weighted by molar-refractivity contribution is 14.1. The lowest BCUT2D eigenvalue weighted by Crippen LogP contribution is -2.25. The molecule has 0 bridgehead atoms. The molecule has 0 saturated carbocycles. The van der Waals surface area contributed by atoms with Crippen LogP contribution >= 0.6 is 22.6 Å². The number of aryl methyl sites for hydroxylation is 1. The van der Waals surface area contributed by atoms with E-state index in [4.69, 9.17) is 0 Å². The molecule has 0 aliphatic heterocycles. The monoisotopic (exact) mass is 384 g/mol. The van der Waals surface area contributed by atoms with E-state index in [-0.39, 0.29) is 5.56 Å². The van der Waals surface area contributed by atoms with Crippen LogP contribution in [0.2, 0.25) is 0 Å². The van der Waals surface area contributed by atoms with Crippen LogP contribution in [-0.4, -0.2) is 21.1 Å². The second kappa shape index (κ2) is 6.83. The summed E-state index contributed by atoms with van der Waals surface area (Å²) in [5.41, 5.74) is 1.75. The Hall–Kier alpha value is -1.44. The van der Waals surface area contributed by atoms with E-state index in [0.29, 0.717) is 10.1 Å².